The van der Waals surface area contributed by atoms with Gasteiger partial charge in [0.15, 0.2) is 0 Å². The van der Waals surface area contributed by atoms with Crippen molar-refractivity contribution in [3.8, 4) is 0 Å². The molecule has 4 nitrogen and oxygen atoms in total. The van der Waals surface area contributed by atoms with Crippen LogP contribution >= 0.6 is 0 Å². The van der Waals surface area contributed by atoms with Crippen LogP contribution in [0.3, 0.4) is 0 Å². The molecule has 1 aromatic rings. The van der Waals surface area contributed by atoms with E-state index in [1.165, 1.54) is 36.6 Å². The van der Waals surface area contributed by atoms with Crippen molar-refractivity contribution in [3.05, 3.63) is 17.0 Å². The maximum absolute atomic E-state index is 4.80. The van der Waals surface area contributed by atoms with Gasteiger partial charge >= 0.3 is 0 Å². The molecule has 1 saturated heterocycles. The van der Waals surface area contributed by atoms with Gasteiger partial charge in [-0.15, -0.1) is 0 Å². The molecule has 126 valence electrons. The Morgan fingerprint density at radius 3 is 2.09 bits per heavy atom. The summed E-state index contributed by atoms with van der Waals surface area (Å²) in [5.74, 6) is 0.762. The fraction of sp³-hybridized carbons (Fsp3) is 0.833. The summed E-state index contributed by atoms with van der Waals surface area (Å²) < 4.78 is 2.05. The highest BCUT2D eigenvalue weighted by molar-refractivity contribution is 5.32. The highest BCUT2D eigenvalue weighted by Crippen LogP contribution is 2.29. The molecule has 2 heterocycles. The first-order valence-electron chi connectivity index (χ1n) is 8.66. The molecule has 0 saturated carbocycles. The van der Waals surface area contributed by atoms with Crippen molar-refractivity contribution in [1.82, 2.24) is 19.6 Å². The van der Waals surface area contributed by atoms with E-state index in [2.05, 4.69) is 58.4 Å². The molecular formula is C18H34N4. The Labute approximate surface area is 136 Å². The molecule has 1 aromatic heterocycles. The standard InChI is InChI=1S/C18H34N4/c1-14(2)12-21-8-10-22(11-9-21)13-16-17(18(4,5)6)15(3)20(7)19-16/h14H,8-13H2,1-7H3. The maximum atomic E-state index is 4.80. The topological polar surface area (TPSA) is 24.3 Å². The summed E-state index contributed by atoms with van der Waals surface area (Å²) in [5.41, 5.74) is 4.16. The van der Waals surface area contributed by atoms with Gasteiger partial charge in [0.1, 0.15) is 0 Å². The Kier molecular flexibility index (Phi) is 5.33. The normalized spacial score (nSPS) is 18.4. The summed E-state index contributed by atoms with van der Waals surface area (Å²) in [6, 6.07) is 0. The van der Waals surface area contributed by atoms with Crippen LogP contribution in [0.4, 0.5) is 0 Å². The lowest BCUT2D eigenvalue weighted by Gasteiger charge is -2.35. The average molecular weight is 306 g/mol. The van der Waals surface area contributed by atoms with Crippen molar-refractivity contribution in [2.24, 2.45) is 13.0 Å². The molecule has 0 aromatic carbocycles. The zero-order valence-electron chi connectivity index (χ0n) is 15.6. The summed E-state index contributed by atoms with van der Waals surface area (Å²) in [6.07, 6.45) is 0. The lowest BCUT2D eigenvalue weighted by atomic mass is 9.85. The summed E-state index contributed by atoms with van der Waals surface area (Å²) >= 11 is 0. The fourth-order valence-corrected chi connectivity index (χ4v) is 3.62. The first-order valence-corrected chi connectivity index (χ1v) is 8.66. The third-order valence-electron chi connectivity index (χ3n) is 4.62. The van der Waals surface area contributed by atoms with E-state index in [0.717, 1.165) is 25.6 Å². The van der Waals surface area contributed by atoms with Gasteiger partial charge in [0.25, 0.3) is 0 Å². The first-order chi connectivity index (χ1) is 10.2. The SMILES string of the molecule is Cc1c(C(C)(C)C)c(CN2CCN(CC(C)C)CC2)nn1C. The minimum atomic E-state index is 0.160. The number of rotatable bonds is 4. The highest BCUT2D eigenvalue weighted by Gasteiger charge is 2.26. The van der Waals surface area contributed by atoms with E-state index in [1.54, 1.807) is 0 Å². The second kappa shape index (κ2) is 6.71. The lowest BCUT2D eigenvalue weighted by molar-refractivity contribution is 0.116. The monoisotopic (exact) mass is 306 g/mol. The van der Waals surface area contributed by atoms with Crippen LogP contribution in [0.15, 0.2) is 0 Å². The van der Waals surface area contributed by atoms with Gasteiger partial charge in [-0.1, -0.05) is 34.6 Å². The smallest absolute Gasteiger partial charge is 0.0804 e. The van der Waals surface area contributed by atoms with Gasteiger partial charge in [0.05, 0.1) is 5.69 Å². The van der Waals surface area contributed by atoms with E-state index in [4.69, 9.17) is 5.10 Å². The van der Waals surface area contributed by atoms with Crippen LogP contribution in [0.5, 0.6) is 0 Å². The molecule has 0 amide bonds. The summed E-state index contributed by atoms with van der Waals surface area (Å²) in [4.78, 5) is 5.16. The average Bonchev–Trinajstić information content (AvgIpc) is 2.66. The number of hydrogen-bond donors (Lipinski definition) is 0. The highest BCUT2D eigenvalue weighted by atomic mass is 15.3. The lowest BCUT2D eigenvalue weighted by Crippen LogP contribution is -2.47. The molecule has 1 fully saturated rings. The molecule has 2 rings (SSSR count). The van der Waals surface area contributed by atoms with Crippen LogP contribution in [-0.2, 0) is 19.0 Å². The van der Waals surface area contributed by atoms with Gasteiger partial charge in [0, 0.05) is 57.6 Å². The maximum Gasteiger partial charge on any atom is 0.0804 e. The molecule has 1 aliphatic heterocycles. The van der Waals surface area contributed by atoms with Crippen LogP contribution in [0.25, 0.3) is 0 Å². The Hall–Kier alpha value is -0.870. The summed E-state index contributed by atoms with van der Waals surface area (Å²) in [5, 5.41) is 4.80. The van der Waals surface area contributed by atoms with Crippen LogP contribution in [-0.4, -0.2) is 52.3 Å². The number of hydrogen-bond acceptors (Lipinski definition) is 3. The molecule has 0 unspecified atom stereocenters. The summed E-state index contributed by atoms with van der Waals surface area (Å²) in [7, 11) is 2.06. The predicted octanol–water partition coefficient (Wildman–Crippen LogP) is 2.80. The molecule has 22 heavy (non-hydrogen) atoms. The number of piperazine rings is 1. The van der Waals surface area contributed by atoms with Gasteiger partial charge in [-0.2, -0.15) is 5.10 Å². The third-order valence-corrected chi connectivity index (χ3v) is 4.62. The predicted molar refractivity (Wildman–Crippen MR) is 93.2 cm³/mol. The molecule has 1 aliphatic rings. The minimum absolute atomic E-state index is 0.160. The third kappa shape index (κ3) is 4.11. The van der Waals surface area contributed by atoms with Gasteiger partial charge in [-0.25, -0.2) is 0 Å². The fourth-order valence-electron chi connectivity index (χ4n) is 3.62. The molecular weight excluding hydrogens is 272 g/mol. The van der Waals surface area contributed by atoms with Crippen molar-refractivity contribution in [2.45, 2.75) is 53.5 Å². The van der Waals surface area contributed by atoms with E-state index >= 15 is 0 Å². The van der Waals surface area contributed by atoms with Gasteiger partial charge in [-0.05, 0) is 18.3 Å². The van der Waals surface area contributed by atoms with Crippen LogP contribution in [0.1, 0.15) is 51.6 Å². The molecule has 4 heteroatoms. The van der Waals surface area contributed by atoms with Crippen molar-refractivity contribution in [3.63, 3.8) is 0 Å². The van der Waals surface area contributed by atoms with E-state index in [1.807, 2.05) is 4.68 Å². The van der Waals surface area contributed by atoms with Crippen LogP contribution < -0.4 is 0 Å². The van der Waals surface area contributed by atoms with E-state index < -0.39 is 0 Å². The summed E-state index contributed by atoms with van der Waals surface area (Å²) in [6.45, 7) is 20.6. The Morgan fingerprint density at radius 1 is 1.05 bits per heavy atom. The minimum Gasteiger partial charge on any atom is -0.301 e. The Balaban J connectivity index is 2.02. The van der Waals surface area contributed by atoms with Crippen LogP contribution in [0, 0.1) is 12.8 Å². The second-order valence-corrected chi connectivity index (χ2v) is 8.25. The molecule has 0 spiro atoms. The van der Waals surface area contributed by atoms with E-state index in [9.17, 15) is 0 Å². The zero-order valence-corrected chi connectivity index (χ0v) is 15.6. The van der Waals surface area contributed by atoms with E-state index in [-0.39, 0.29) is 5.41 Å². The van der Waals surface area contributed by atoms with Crippen molar-refractivity contribution >= 4 is 0 Å². The Bertz CT molecular complexity index is 488. The largest absolute Gasteiger partial charge is 0.301 e. The van der Waals surface area contributed by atoms with Crippen molar-refractivity contribution in [1.29, 1.82) is 0 Å². The second-order valence-electron chi connectivity index (χ2n) is 8.25. The van der Waals surface area contributed by atoms with E-state index in [0.29, 0.717) is 0 Å². The van der Waals surface area contributed by atoms with Crippen molar-refractivity contribution < 1.29 is 0 Å². The molecule has 0 bridgehead atoms. The van der Waals surface area contributed by atoms with Gasteiger partial charge < -0.3 is 4.90 Å². The first kappa shape index (κ1) is 17.5. The quantitative estimate of drug-likeness (QED) is 0.855. The number of nitrogens with zero attached hydrogens (tertiary/aromatic N) is 4. The molecule has 0 N–H and O–H groups in total. The molecule has 0 aliphatic carbocycles. The van der Waals surface area contributed by atoms with Crippen LogP contribution in [0.2, 0.25) is 0 Å². The van der Waals surface area contributed by atoms with Gasteiger partial charge in [0.2, 0.25) is 0 Å². The zero-order chi connectivity index (χ0) is 16.5. The number of aromatic nitrogens is 2. The Morgan fingerprint density at radius 2 is 1.59 bits per heavy atom. The van der Waals surface area contributed by atoms with Crippen molar-refractivity contribution in [2.75, 3.05) is 32.7 Å². The number of aryl methyl sites for hydroxylation is 1. The molecule has 0 radical (unpaired) electrons. The van der Waals surface area contributed by atoms with Gasteiger partial charge in [-0.3, -0.25) is 9.58 Å². The molecule has 0 atom stereocenters.